The van der Waals surface area contributed by atoms with Gasteiger partial charge < -0.3 is 10.2 Å². The minimum atomic E-state index is -0.688. The Bertz CT molecular complexity index is 1180. The van der Waals surface area contributed by atoms with Gasteiger partial charge in [-0.1, -0.05) is 83.4 Å². The zero-order chi connectivity index (χ0) is 25.5. The summed E-state index contributed by atoms with van der Waals surface area (Å²) in [6.45, 7) is 8.08. The van der Waals surface area contributed by atoms with E-state index in [9.17, 15) is 9.59 Å². The molecule has 3 aromatic carbocycles. The first-order valence-electron chi connectivity index (χ1n) is 11.8. The summed E-state index contributed by atoms with van der Waals surface area (Å²) in [6.07, 6.45) is 0.605. The molecule has 0 aromatic heterocycles. The minimum Gasteiger partial charge on any atom is -0.352 e. The number of rotatable bonds is 9. The van der Waals surface area contributed by atoms with Crippen molar-refractivity contribution in [3.63, 3.8) is 0 Å². The van der Waals surface area contributed by atoms with Crippen LogP contribution in [-0.4, -0.2) is 28.8 Å². The van der Waals surface area contributed by atoms with Gasteiger partial charge in [0.05, 0.1) is 16.5 Å². The fraction of sp³-hybridized carbons (Fsp3) is 0.310. The van der Waals surface area contributed by atoms with E-state index in [1.54, 1.807) is 17.0 Å². The molecule has 1 atom stereocenters. The maximum absolute atomic E-state index is 13.8. The second-order valence-corrected chi connectivity index (χ2v) is 10.1. The Labute approximate surface area is 218 Å². The number of amides is 2. The monoisotopic (exact) mass is 510 g/mol. The Morgan fingerprint density at radius 3 is 2.26 bits per heavy atom. The van der Waals surface area contributed by atoms with Crippen LogP contribution in [-0.2, 0) is 29.0 Å². The maximum atomic E-state index is 13.8. The highest BCUT2D eigenvalue weighted by atomic mass is 35.5. The number of benzene rings is 3. The lowest BCUT2D eigenvalue weighted by molar-refractivity contribution is -0.141. The van der Waals surface area contributed by atoms with E-state index < -0.39 is 6.04 Å². The lowest BCUT2D eigenvalue weighted by atomic mass is 9.99. The number of hydrogen-bond acceptors (Lipinski definition) is 2. The van der Waals surface area contributed by atoms with Crippen molar-refractivity contribution in [3.8, 4) is 0 Å². The Balaban J connectivity index is 2.01. The van der Waals surface area contributed by atoms with Gasteiger partial charge >= 0.3 is 0 Å². The van der Waals surface area contributed by atoms with Crippen LogP contribution in [0.3, 0.4) is 0 Å². The van der Waals surface area contributed by atoms with Crippen molar-refractivity contribution in [2.24, 2.45) is 0 Å². The topological polar surface area (TPSA) is 49.4 Å². The molecule has 0 saturated heterocycles. The van der Waals surface area contributed by atoms with E-state index in [1.165, 1.54) is 0 Å². The first-order valence-corrected chi connectivity index (χ1v) is 12.5. The molecule has 3 aromatic rings. The number of carbonyl (C=O) groups excluding carboxylic acids is 2. The molecule has 0 fully saturated rings. The molecular formula is C29H32Cl2N2O2. The first-order chi connectivity index (χ1) is 16.6. The lowest BCUT2D eigenvalue weighted by Crippen LogP contribution is -2.52. The van der Waals surface area contributed by atoms with Crippen LogP contribution in [0.25, 0.3) is 0 Å². The molecule has 3 rings (SSSR count). The Hall–Kier alpha value is -2.82. The summed E-state index contributed by atoms with van der Waals surface area (Å²) in [5.41, 5.74) is 4.88. The Morgan fingerprint density at radius 2 is 1.60 bits per heavy atom. The van der Waals surface area contributed by atoms with Crippen molar-refractivity contribution in [3.05, 3.63) is 105 Å². The molecule has 0 radical (unpaired) electrons. The summed E-state index contributed by atoms with van der Waals surface area (Å²) in [4.78, 5) is 29.0. The summed E-state index contributed by atoms with van der Waals surface area (Å²) in [5, 5.41) is 3.87. The second kappa shape index (κ2) is 12.2. The molecule has 0 spiro atoms. The van der Waals surface area contributed by atoms with Crippen LogP contribution in [0.15, 0.2) is 66.7 Å². The molecule has 0 aliphatic rings. The molecule has 0 aliphatic heterocycles. The van der Waals surface area contributed by atoms with Crippen molar-refractivity contribution >= 4 is 35.0 Å². The second-order valence-electron chi connectivity index (χ2n) is 9.25. The van der Waals surface area contributed by atoms with Gasteiger partial charge in [0.15, 0.2) is 0 Å². The van der Waals surface area contributed by atoms with Gasteiger partial charge in [-0.15, -0.1) is 0 Å². The largest absolute Gasteiger partial charge is 0.352 e. The molecule has 0 unspecified atom stereocenters. The first kappa shape index (κ1) is 26.8. The number of carbonyl (C=O) groups is 2. The summed E-state index contributed by atoms with van der Waals surface area (Å²) >= 11 is 12.4. The van der Waals surface area contributed by atoms with E-state index >= 15 is 0 Å². The third-order valence-corrected chi connectivity index (χ3v) is 6.62. The van der Waals surface area contributed by atoms with Crippen molar-refractivity contribution < 1.29 is 9.59 Å². The van der Waals surface area contributed by atoms with Gasteiger partial charge in [-0.3, -0.25) is 9.59 Å². The summed E-state index contributed by atoms with van der Waals surface area (Å²) in [6, 6.07) is 20.4. The summed E-state index contributed by atoms with van der Waals surface area (Å²) in [5.74, 6) is -0.303. The normalized spacial score (nSPS) is 11.9. The highest BCUT2D eigenvalue weighted by molar-refractivity contribution is 6.42. The fourth-order valence-corrected chi connectivity index (χ4v) is 4.35. The van der Waals surface area contributed by atoms with Gasteiger partial charge in [0.25, 0.3) is 0 Å². The number of halogens is 2. The smallest absolute Gasteiger partial charge is 0.243 e. The minimum absolute atomic E-state index is 0.0540. The molecular weight excluding hydrogens is 479 g/mol. The van der Waals surface area contributed by atoms with Gasteiger partial charge in [0.2, 0.25) is 11.8 Å². The van der Waals surface area contributed by atoms with Crippen LogP contribution >= 0.6 is 23.2 Å². The third kappa shape index (κ3) is 7.58. The number of aryl methyl sites for hydroxylation is 2. The predicted octanol–water partition coefficient (Wildman–Crippen LogP) is 6.32. The van der Waals surface area contributed by atoms with E-state index in [2.05, 4.69) is 5.32 Å². The number of hydrogen-bond donors (Lipinski definition) is 1. The lowest BCUT2D eigenvalue weighted by Gasteiger charge is -2.32. The summed E-state index contributed by atoms with van der Waals surface area (Å²) < 4.78 is 0. The van der Waals surface area contributed by atoms with E-state index in [0.29, 0.717) is 16.5 Å². The number of nitrogens with one attached hydrogen (secondary N) is 1. The highest BCUT2D eigenvalue weighted by Crippen LogP contribution is 2.25. The van der Waals surface area contributed by atoms with Gasteiger partial charge in [-0.2, -0.15) is 0 Å². The van der Waals surface area contributed by atoms with Crippen LogP contribution in [0, 0.1) is 13.8 Å². The number of nitrogens with zero attached hydrogens (tertiary/aromatic N) is 1. The predicted molar refractivity (Wildman–Crippen MR) is 144 cm³/mol. The molecule has 6 heteroatoms. The SMILES string of the molecule is Cc1ccc(C)c(CC(=O)N(Cc2ccc(Cl)c(Cl)c2)[C@H](Cc2ccccc2)C(=O)NC(C)C)c1. The van der Waals surface area contributed by atoms with Crippen molar-refractivity contribution in [2.45, 2.75) is 59.2 Å². The molecule has 0 aliphatic carbocycles. The van der Waals surface area contributed by atoms with Crippen molar-refractivity contribution in [1.29, 1.82) is 0 Å². The standard InChI is InChI=1S/C29H32Cl2N2O2/c1-19(2)32-29(35)27(16-22-8-6-5-7-9-22)33(18-23-12-13-25(30)26(31)15-23)28(34)17-24-14-20(3)10-11-21(24)4/h5-15,19,27H,16-18H2,1-4H3,(H,32,35)/t27-/m1/s1. The van der Waals surface area contributed by atoms with E-state index in [1.807, 2.05) is 82.3 Å². The van der Waals surface area contributed by atoms with Crippen molar-refractivity contribution in [2.75, 3.05) is 0 Å². The van der Waals surface area contributed by atoms with Crippen molar-refractivity contribution in [1.82, 2.24) is 10.2 Å². The molecule has 35 heavy (non-hydrogen) atoms. The molecule has 0 saturated carbocycles. The van der Waals surface area contributed by atoms with Gasteiger partial charge in [-0.05, 0) is 62.1 Å². The average Bonchev–Trinajstić information content (AvgIpc) is 2.81. The van der Waals surface area contributed by atoms with Crippen LogP contribution < -0.4 is 5.32 Å². The Morgan fingerprint density at radius 1 is 0.886 bits per heavy atom. The van der Waals surface area contributed by atoms with Crippen LogP contribution in [0.5, 0.6) is 0 Å². The zero-order valence-electron chi connectivity index (χ0n) is 20.6. The average molecular weight is 511 g/mol. The van der Waals surface area contributed by atoms with Gasteiger partial charge in [-0.25, -0.2) is 0 Å². The maximum Gasteiger partial charge on any atom is 0.243 e. The molecule has 0 bridgehead atoms. The summed E-state index contributed by atoms with van der Waals surface area (Å²) in [7, 11) is 0. The van der Waals surface area contributed by atoms with E-state index in [0.717, 1.165) is 27.8 Å². The molecule has 1 N–H and O–H groups in total. The zero-order valence-corrected chi connectivity index (χ0v) is 22.2. The molecule has 184 valence electrons. The van der Waals surface area contributed by atoms with Gasteiger partial charge in [0.1, 0.15) is 6.04 Å². The highest BCUT2D eigenvalue weighted by Gasteiger charge is 2.31. The Kier molecular flexibility index (Phi) is 9.36. The van der Waals surface area contributed by atoms with Crippen LogP contribution in [0.1, 0.15) is 41.7 Å². The molecule has 2 amide bonds. The van der Waals surface area contributed by atoms with E-state index in [-0.39, 0.29) is 30.8 Å². The quantitative estimate of drug-likeness (QED) is 0.366. The van der Waals surface area contributed by atoms with Gasteiger partial charge in [0, 0.05) is 19.0 Å². The molecule has 4 nitrogen and oxygen atoms in total. The fourth-order valence-electron chi connectivity index (χ4n) is 4.02. The molecule has 0 heterocycles. The third-order valence-electron chi connectivity index (χ3n) is 5.89. The van der Waals surface area contributed by atoms with Crippen LogP contribution in [0.4, 0.5) is 0 Å². The van der Waals surface area contributed by atoms with E-state index in [4.69, 9.17) is 23.2 Å². The van der Waals surface area contributed by atoms with Crippen LogP contribution in [0.2, 0.25) is 10.0 Å².